The smallest absolute Gasteiger partial charge is 0.314 e. The van der Waals surface area contributed by atoms with Gasteiger partial charge >= 0.3 is 5.97 Å². The van der Waals surface area contributed by atoms with Crippen molar-refractivity contribution < 1.29 is 34.3 Å². The van der Waals surface area contributed by atoms with E-state index in [1.165, 1.54) is 6.42 Å². The topological polar surface area (TPSA) is 105 Å². The molecule has 0 amide bonds. The minimum atomic E-state index is -1.14. The Bertz CT molecular complexity index is 427. The number of aliphatic hydroxyl groups excluding tert-OH is 3. The fourth-order valence-corrected chi connectivity index (χ4v) is 3.31. The fourth-order valence-electron chi connectivity index (χ4n) is 3.31. The first-order chi connectivity index (χ1) is 12.7. The van der Waals surface area contributed by atoms with Crippen molar-refractivity contribution in [2.45, 2.75) is 103 Å². The monoisotopic (exact) mass is 390 g/mol. The molecule has 0 spiro atoms. The average Bonchev–Trinajstić information content (AvgIpc) is 2.61. The normalized spacial score (nSPS) is 27.4. The molecular weight excluding hydrogens is 352 g/mol. The van der Waals surface area contributed by atoms with Crippen molar-refractivity contribution in [1.29, 1.82) is 0 Å². The van der Waals surface area contributed by atoms with Gasteiger partial charge in [-0.2, -0.15) is 0 Å². The van der Waals surface area contributed by atoms with Crippen LogP contribution in [0.4, 0.5) is 0 Å². The van der Waals surface area contributed by atoms with Crippen LogP contribution in [0.1, 0.15) is 72.6 Å². The van der Waals surface area contributed by atoms with Crippen LogP contribution < -0.4 is 0 Å². The third kappa shape index (κ3) is 7.66. The summed E-state index contributed by atoms with van der Waals surface area (Å²) in [7, 11) is 0. The van der Waals surface area contributed by atoms with Crippen molar-refractivity contribution in [1.82, 2.24) is 0 Å². The highest BCUT2D eigenvalue weighted by Crippen LogP contribution is 2.30. The summed E-state index contributed by atoms with van der Waals surface area (Å²) < 4.78 is 16.5. The summed E-state index contributed by atoms with van der Waals surface area (Å²) in [5, 5.41) is 29.5. The van der Waals surface area contributed by atoms with Crippen molar-refractivity contribution in [3.05, 3.63) is 0 Å². The third-order valence-electron chi connectivity index (χ3n) is 5.19. The molecule has 0 aromatic carbocycles. The zero-order valence-corrected chi connectivity index (χ0v) is 17.2. The summed E-state index contributed by atoms with van der Waals surface area (Å²) in [6, 6.07) is 0. The molecule has 0 aromatic rings. The molecule has 3 N–H and O–H groups in total. The lowest BCUT2D eigenvalue weighted by Crippen LogP contribution is -2.51. The third-order valence-corrected chi connectivity index (χ3v) is 5.19. The van der Waals surface area contributed by atoms with Crippen LogP contribution >= 0.6 is 0 Å². The molecule has 1 rings (SSSR count). The van der Waals surface area contributed by atoms with E-state index in [0.717, 1.165) is 25.7 Å². The van der Waals surface area contributed by atoms with Crippen LogP contribution in [-0.4, -0.2) is 65.2 Å². The largest absolute Gasteiger partial charge is 0.466 e. The van der Waals surface area contributed by atoms with Gasteiger partial charge in [0.1, 0.15) is 12.2 Å². The van der Waals surface area contributed by atoms with Crippen LogP contribution in [0.2, 0.25) is 0 Å². The maximum atomic E-state index is 12.4. The Kier molecular flexibility index (Phi) is 10.8. The van der Waals surface area contributed by atoms with E-state index in [4.69, 9.17) is 14.2 Å². The summed E-state index contributed by atoms with van der Waals surface area (Å²) in [6.45, 7) is 7.80. The molecule has 7 nitrogen and oxygen atoms in total. The highest BCUT2D eigenvalue weighted by molar-refractivity contribution is 5.76. The second kappa shape index (κ2) is 12.0. The molecule has 0 saturated carbocycles. The number of rotatable bonds is 12. The van der Waals surface area contributed by atoms with Crippen molar-refractivity contribution in [3.8, 4) is 0 Å². The van der Waals surface area contributed by atoms with Gasteiger partial charge in [-0.3, -0.25) is 4.79 Å². The molecule has 7 heteroatoms. The van der Waals surface area contributed by atoms with Gasteiger partial charge in [-0.15, -0.1) is 0 Å². The first-order valence-corrected chi connectivity index (χ1v) is 10.2. The van der Waals surface area contributed by atoms with Crippen LogP contribution in [0.3, 0.4) is 0 Å². The Hall–Kier alpha value is -0.730. The van der Waals surface area contributed by atoms with E-state index < -0.39 is 36.1 Å². The lowest BCUT2D eigenvalue weighted by Gasteiger charge is -2.37. The second-order valence-electron chi connectivity index (χ2n) is 7.89. The first kappa shape index (κ1) is 24.3. The Balaban J connectivity index is 2.70. The Morgan fingerprint density at radius 3 is 2.44 bits per heavy atom. The Morgan fingerprint density at radius 1 is 1.15 bits per heavy atom. The summed E-state index contributed by atoms with van der Waals surface area (Å²) in [6.07, 6.45) is 1.54. The van der Waals surface area contributed by atoms with E-state index in [0.29, 0.717) is 13.0 Å². The van der Waals surface area contributed by atoms with Crippen molar-refractivity contribution in [2.75, 3.05) is 13.2 Å². The van der Waals surface area contributed by atoms with E-state index in [9.17, 15) is 20.1 Å². The summed E-state index contributed by atoms with van der Waals surface area (Å²) in [5.41, 5.74) is -0.850. The predicted molar refractivity (Wildman–Crippen MR) is 101 cm³/mol. The molecular formula is C20H38O7. The fraction of sp³-hybridized carbons (Fsp3) is 0.950. The Labute approximate surface area is 163 Å². The van der Waals surface area contributed by atoms with Gasteiger partial charge in [0.15, 0.2) is 6.29 Å². The SMILES string of the molecule is CCCCCCCC(OCC1OC(O)CC(O)C1O)C(C)(C)C(=O)OCC. The van der Waals surface area contributed by atoms with E-state index in [1.807, 2.05) is 0 Å². The standard InChI is InChI=1S/C20H38O7/c1-5-7-8-9-10-11-16(20(3,4)19(24)25-6-2)26-13-15-18(23)14(21)12-17(22)27-15/h14-18,21-23H,5-13H2,1-4H3. The van der Waals surface area contributed by atoms with Gasteiger partial charge in [0.25, 0.3) is 0 Å². The lowest BCUT2D eigenvalue weighted by molar-refractivity contribution is -0.248. The highest BCUT2D eigenvalue weighted by Gasteiger charge is 2.41. The zero-order chi connectivity index (χ0) is 20.4. The van der Waals surface area contributed by atoms with Crippen LogP contribution in [0.15, 0.2) is 0 Å². The van der Waals surface area contributed by atoms with Crippen LogP contribution in [-0.2, 0) is 19.0 Å². The maximum Gasteiger partial charge on any atom is 0.314 e. The van der Waals surface area contributed by atoms with E-state index in [-0.39, 0.29) is 19.0 Å². The molecule has 1 heterocycles. The van der Waals surface area contributed by atoms with Crippen LogP contribution in [0.25, 0.3) is 0 Å². The van der Waals surface area contributed by atoms with Crippen LogP contribution in [0.5, 0.6) is 0 Å². The number of carbonyl (C=O) groups excluding carboxylic acids is 1. The highest BCUT2D eigenvalue weighted by atomic mass is 16.6. The molecule has 160 valence electrons. The number of carbonyl (C=O) groups is 1. The molecule has 1 saturated heterocycles. The number of aliphatic hydroxyl groups is 3. The predicted octanol–water partition coefficient (Wildman–Crippen LogP) is 2.15. The first-order valence-electron chi connectivity index (χ1n) is 10.2. The summed E-state index contributed by atoms with van der Waals surface area (Å²) in [4.78, 5) is 12.4. The van der Waals surface area contributed by atoms with Gasteiger partial charge in [-0.25, -0.2) is 0 Å². The minimum absolute atomic E-state index is 0.0161. The number of hydrogen-bond acceptors (Lipinski definition) is 7. The molecule has 1 fully saturated rings. The van der Waals surface area contributed by atoms with Crippen molar-refractivity contribution in [2.24, 2.45) is 5.41 Å². The zero-order valence-electron chi connectivity index (χ0n) is 17.2. The molecule has 0 radical (unpaired) electrons. The van der Waals surface area contributed by atoms with Gasteiger partial charge in [0.05, 0.1) is 30.8 Å². The maximum absolute atomic E-state index is 12.4. The van der Waals surface area contributed by atoms with E-state index >= 15 is 0 Å². The number of esters is 1. The van der Waals surface area contributed by atoms with Gasteiger partial charge in [0.2, 0.25) is 0 Å². The second-order valence-corrected chi connectivity index (χ2v) is 7.89. The molecule has 0 aliphatic carbocycles. The summed E-state index contributed by atoms with van der Waals surface area (Å²) in [5.74, 6) is -0.325. The molecule has 0 bridgehead atoms. The van der Waals surface area contributed by atoms with E-state index in [2.05, 4.69) is 6.92 Å². The van der Waals surface area contributed by atoms with Crippen molar-refractivity contribution in [3.63, 3.8) is 0 Å². The summed E-state index contributed by atoms with van der Waals surface area (Å²) >= 11 is 0. The molecule has 5 atom stereocenters. The van der Waals surface area contributed by atoms with Gasteiger partial charge in [0, 0.05) is 6.42 Å². The van der Waals surface area contributed by atoms with Gasteiger partial charge < -0.3 is 29.5 Å². The minimum Gasteiger partial charge on any atom is -0.466 e. The van der Waals surface area contributed by atoms with Gasteiger partial charge in [-0.1, -0.05) is 39.0 Å². The molecule has 0 aromatic heterocycles. The van der Waals surface area contributed by atoms with E-state index in [1.54, 1.807) is 20.8 Å². The average molecular weight is 391 g/mol. The Morgan fingerprint density at radius 2 is 1.81 bits per heavy atom. The molecule has 1 aliphatic rings. The molecule has 5 unspecified atom stereocenters. The van der Waals surface area contributed by atoms with Gasteiger partial charge in [-0.05, 0) is 27.2 Å². The lowest BCUT2D eigenvalue weighted by atomic mass is 9.83. The number of hydrogen-bond donors (Lipinski definition) is 3. The molecule has 1 aliphatic heterocycles. The van der Waals surface area contributed by atoms with Crippen LogP contribution in [0, 0.1) is 5.41 Å². The number of ether oxygens (including phenoxy) is 3. The van der Waals surface area contributed by atoms with Crippen molar-refractivity contribution >= 4 is 5.97 Å². The number of unbranched alkanes of at least 4 members (excludes halogenated alkanes) is 4. The quantitative estimate of drug-likeness (QED) is 0.346. The molecule has 27 heavy (non-hydrogen) atoms.